The number of nitrogens with one attached hydrogen (secondary N) is 2. The van der Waals surface area contributed by atoms with Crippen LogP contribution in [0, 0.1) is 13.8 Å². The topological polar surface area (TPSA) is 76.7 Å². The van der Waals surface area contributed by atoms with Crippen molar-refractivity contribution in [2.24, 2.45) is 0 Å². The number of alkyl carbamates (subject to hydrolysis) is 1. The van der Waals surface area contributed by atoms with Crippen molar-refractivity contribution >= 4 is 23.4 Å². The van der Waals surface area contributed by atoms with Crippen LogP contribution < -0.4 is 10.6 Å². The first-order chi connectivity index (χ1) is 14.4. The highest BCUT2D eigenvalue weighted by Crippen LogP contribution is 2.26. The Morgan fingerprint density at radius 2 is 1.61 bits per heavy atom. The molecule has 0 aliphatic carbocycles. The average molecular weight is 434 g/mol. The zero-order chi connectivity index (χ0) is 23.2. The first-order valence-electron chi connectivity index (χ1n) is 9.82. The second kappa shape index (κ2) is 9.76. The fourth-order valence-corrected chi connectivity index (χ4v) is 2.62. The Morgan fingerprint density at radius 1 is 0.968 bits per heavy atom. The first-order valence-corrected chi connectivity index (χ1v) is 9.82. The Labute approximate surface area is 180 Å². The van der Waals surface area contributed by atoms with Gasteiger partial charge in [-0.05, 0) is 63.9 Å². The van der Waals surface area contributed by atoms with Gasteiger partial charge in [0.2, 0.25) is 0 Å². The van der Waals surface area contributed by atoms with Gasteiger partial charge < -0.3 is 20.1 Å². The van der Waals surface area contributed by atoms with E-state index in [1.165, 1.54) is 6.07 Å². The maximum Gasteiger partial charge on any atom is 0.407 e. The minimum absolute atomic E-state index is 0.124. The molecule has 2 N–H and O–H groups in total. The highest BCUT2D eigenvalue weighted by atomic mass is 19.3. The average Bonchev–Trinajstić information content (AvgIpc) is 2.67. The quantitative estimate of drug-likeness (QED) is 0.574. The lowest BCUT2D eigenvalue weighted by atomic mass is 10.1. The van der Waals surface area contributed by atoms with Gasteiger partial charge in [0.25, 0.3) is 5.92 Å². The molecule has 0 radical (unpaired) electrons. The molecule has 0 atom stereocenters. The van der Waals surface area contributed by atoms with Gasteiger partial charge in [-0.25, -0.2) is 18.4 Å². The molecule has 168 valence electrons. The van der Waals surface area contributed by atoms with E-state index in [0.717, 1.165) is 16.8 Å². The number of rotatable bonds is 7. The second-order valence-corrected chi connectivity index (χ2v) is 8.21. The second-order valence-electron chi connectivity index (χ2n) is 8.21. The van der Waals surface area contributed by atoms with E-state index in [1.807, 2.05) is 37.4 Å². The standard InChI is InChI=1S/C23H28F2N2O4/c1-15-9-8-12-18(16(15)2)27-19-11-7-6-10-17(19)20(28)30-14-23(24,25)13-26-21(29)31-22(3,4)5/h6-12,27H,13-14H2,1-5H3,(H,26,29). The molecule has 2 aromatic rings. The van der Waals surface area contributed by atoms with Crippen LogP contribution in [0.25, 0.3) is 0 Å². The van der Waals surface area contributed by atoms with Crippen LogP contribution in [0.2, 0.25) is 0 Å². The van der Waals surface area contributed by atoms with Crippen molar-refractivity contribution in [3.63, 3.8) is 0 Å². The summed E-state index contributed by atoms with van der Waals surface area (Å²) in [7, 11) is 0. The normalized spacial score (nSPS) is 11.6. The van der Waals surface area contributed by atoms with Gasteiger partial charge in [0.1, 0.15) is 5.60 Å². The van der Waals surface area contributed by atoms with E-state index in [1.54, 1.807) is 39.0 Å². The Kier molecular flexibility index (Phi) is 7.60. The van der Waals surface area contributed by atoms with Gasteiger partial charge in [0.15, 0.2) is 6.61 Å². The van der Waals surface area contributed by atoms with E-state index >= 15 is 0 Å². The van der Waals surface area contributed by atoms with E-state index < -0.39 is 36.7 Å². The summed E-state index contributed by atoms with van der Waals surface area (Å²) in [4.78, 5) is 24.0. The number of esters is 1. The Balaban J connectivity index is 2.01. The van der Waals surface area contributed by atoms with Crippen molar-refractivity contribution in [1.82, 2.24) is 5.32 Å². The number of carbonyl (C=O) groups excluding carboxylic acids is 2. The molecule has 1 amide bonds. The summed E-state index contributed by atoms with van der Waals surface area (Å²) in [5.41, 5.74) is 2.63. The number of aryl methyl sites for hydroxylation is 1. The minimum Gasteiger partial charge on any atom is -0.456 e. The van der Waals surface area contributed by atoms with E-state index in [9.17, 15) is 18.4 Å². The van der Waals surface area contributed by atoms with Crippen LogP contribution in [0.4, 0.5) is 25.0 Å². The van der Waals surface area contributed by atoms with Crippen molar-refractivity contribution in [1.29, 1.82) is 0 Å². The van der Waals surface area contributed by atoms with Gasteiger partial charge in [-0.3, -0.25) is 0 Å². The summed E-state index contributed by atoms with van der Waals surface area (Å²) < 4.78 is 37.9. The molecular formula is C23H28F2N2O4. The Bertz CT molecular complexity index is 939. The summed E-state index contributed by atoms with van der Waals surface area (Å²) >= 11 is 0. The number of hydrogen-bond acceptors (Lipinski definition) is 5. The molecule has 6 nitrogen and oxygen atoms in total. The van der Waals surface area contributed by atoms with Crippen molar-refractivity contribution in [3.8, 4) is 0 Å². The number of halogens is 2. The predicted molar refractivity (Wildman–Crippen MR) is 115 cm³/mol. The fourth-order valence-electron chi connectivity index (χ4n) is 2.62. The lowest BCUT2D eigenvalue weighted by molar-refractivity contribution is -0.0596. The van der Waals surface area contributed by atoms with Crippen molar-refractivity contribution < 1.29 is 27.8 Å². The third-order valence-corrected chi connectivity index (χ3v) is 4.33. The molecule has 0 saturated carbocycles. The largest absolute Gasteiger partial charge is 0.456 e. The van der Waals surface area contributed by atoms with Crippen LogP contribution in [-0.2, 0) is 9.47 Å². The summed E-state index contributed by atoms with van der Waals surface area (Å²) in [6.45, 7) is 6.57. The maximum atomic E-state index is 14.1. The molecule has 2 rings (SSSR count). The van der Waals surface area contributed by atoms with E-state index in [-0.39, 0.29) is 5.56 Å². The third kappa shape index (κ3) is 7.55. The predicted octanol–water partition coefficient (Wildman–Crippen LogP) is 5.36. The van der Waals surface area contributed by atoms with Crippen LogP contribution in [0.3, 0.4) is 0 Å². The van der Waals surface area contributed by atoms with Crippen LogP contribution in [0.1, 0.15) is 42.3 Å². The number of benzene rings is 2. The van der Waals surface area contributed by atoms with Crippen molar-refractivity contribution in [2.45, 2.75) is 46.1 Å². The lowest BCUT2D eigenvalue weighted by Gasteiger charge is -2.22. The zero-order valence-corrected chi connectivity index (χ0v) is 18.3. The number of hydrogen-bond donors (Lipinski definition) is 2. The molecule has 2 aromatic carbocycles. The van der Waals surface area contributed by atoms with Gasteiger partial charge in [0, 0.05) is 5.69 Å². The van der Waals surface area contributed by atoms with E-state index in [0.29, 0.717) is 5.69 Å². The number of alkyl halides is 2. The monoisotopic (exact) mass is 434 g/mol. The summed E-state index contributed by atoms with van der Waals surface area (Å²) in [5, 5.41) is 5.14. The van der Waals surface area contributed by atoms with Crippen LogP contribution in [0.5, 0.6) is 0 Å². The molecule has 31 heavy (non-hydrogen) atoms. The Morgan fingerprint density at radius 3 is 2.29 bits per heavy atom. The van der Waals surface area contributed by atoms with Crippen LogP contribution in [-0.4, -0.2) is 36.7 Å². The molecule has 0 fully saturated rings. The smallest absolute Gasteiger partial charge is 0.407 e. The van der Waals surface area contributed by atoms with Crippen molar-refractivity contribution in [3.05, 3.63) is 59.2 Å². The molecular weight excluding hydrogens is 406 g/mol. The van der Waals surface area contributed by atoms with Crippen molar-refractivity contribution in [2.75, 3.05) is 18.5 Å². The number of carbonyl (C=O) groups is 2. The lowest BCUT2D eigenvalue weighted by Crippen LogP contribution is -2.42. The van der Waals surface area contributed by atoms with Gasteiger partial charge in [-0.15, -0.1) is 0 Å². The fraction of sp³-hybridized carbons (Fsp3) is 0.391. The van der Waals surface area contributed by atoms with Gasteiger partial charge in [-0.2, -0.15) is 0 Å². The molecule has 0 bridgehead atoms. The zero-order valence-electron chi connectivity index (χ0n) is 18.3. The third-order valence-electron chi connectivity index (χ3n) is 4.33. The van der Waals surface area contributed by atoms with Crippen LogP contribution >= 0.6 is 0 Å². The Hall–Kier alpha value is -3.16. The highest BCUT2D eigenvalue weighted by Gasteiger charge is 2.33. The molecule has 0 unspecified atom stereocenters. The van der Waals surface area contributed by atoms with E-state index in [4.69, 9.17) is 9.47 Å². The molecule has 0 spiro atoms. The summed E-state index contributed by atoms with van der Waals surface area (Å²) in [5.74, 6) is -4.35. The molecule has 0 aromatic heterocycles. The summed E-state index contributed by atoms with van der Waals surface area (Å²) in [6, 6.07) is 12.2. The number of anilines is 2. The van der Waals surface area contributed by atoms with Gasteiger partial charge in [0.05, 0.1) is 17.8 Å². The SMILES string of the molecule is Cc1cccc(Nc2ccccc2C(=O)OCC(F)(F)CNC(=O)OC(C)(C)C)c1C. The number of ether oxygens (including phenoxy) is 2. The molecule has 0 aliphatic heterocycles. The maximum absolute atomic E-state index is 14.1. The van der Waals surface area contributed by atoms with Crippen LogP contribution in [0.15, 0.2) is 42.5 Å². The molecule has 0 heterocycles. The number of amides is 1. The highest BCUT2D eigenvalue weighted by molar-refractivity contribution is 5.96. The van der Waals surface area contributed by atoms with E-state index in [2.05, 4.69) is 5.32 Å². The first kappa shape index (κ1) is 24.1. The molecule has 8 heteroatoms. The van der Waals surface area contributed by atoms with Gasteiger partial charge in [-0.1, -0.05) is 24.3 Å². The minimum atomic E-state index is -3.46. The molecule has 0 saturated heterocycles. The number of para-hydroxylation sites is 1. The molecule has 0 aliphatic rings. The van der Waals surface area contributed by atoms with Gasteiger partial charge >= 0.3 is 12.1 Å². The summed E-state index contributed by atoms with van der Waals surface area (Å²) in [6.07, 6.45) is -0.971.